The van der Waals surface area contributed by atoms with Gasteiger partial charge in [0.25, 0.3) is 0 Å². The summed E-state index contributed by atoms with van der Waals surface area (Å²) < 4.78 is 19.5. The Labute approximate surface area is 86.2 Å². The Morgan fingerprint density at radius 3 is 2.43 bits per heavy atom. The summed E-state index contributed by atoms with van der Waals surface area (Å²) in [6.45, 7) is 2.03. The Hall–Kier alpha value is -1.00. The first-order valence-electron chi connectivity index (χ1n) is 4.28. The lowest BCUT2D eigenvalue weighted by atomic mass is 10.0. The number of hydrogen-bond acceptors (Lipinski definition) is 2. The molecule has 0 amide bonds. The van der Waals surface area contributed by atoms with Crippen molar-refractivity contribution in [3.63, 3.8) is 0 Å². The van der Waals surface area contributed by atoms with Crippen molar-refractivity contribution in [1.82, 2.24) is 0 Å². The molecule has 0 aliphatic carbocycles. The number of benzene rings is 1. The highest BCUT2D eigenvalue weighted by atomic mass is 32.2. The predicted octanol–water partition coefficient (Wildman–Crippen LogP) is 2.07. The quantitative estimate of drug-likeness (QED) is 0.614. The average Bonchev–Trinajstić information content (AvgIpc) is 2.18. The Balaban J connectivity index is 2.88. The third-order valence-corrected chi connectivity index (χ3v) is 2.66. The van der Waals surface area contributed by atoms with Gasteiger partial charge < -0.3 is 9.55 Å². The molecule has 76 valence electrons. The van der Waals surface area contributed by atoms with Crippen molar-refractivity contribution in [2.45, 2.75) is 17.7 Å². The number of aliphatic imine (C=N–C) groups is 1. The molecular weight excluding hydrogens is 198 g/mol. The van der Waals surface area contributed by atoms with E-state index in [0.29, 0.717) is 4.90 Å². The number of nitrogens with zero attached hydrogens (tertiary/aromatic N) is 1. The van der Waals surface area contributed by atoms with Gasteiger partial charge in [-0.2, -0.15) is 0 Å². The van der Waals surface area contributed by atoms with E-state index in [1.807, 2.05) is 25.3 Å². The van der Waals surface area contributed by atoms with E-state index in [1.165, 1.54) is 0 Å². The van der Waals surface area contributed by atoms with Gasteiger partial charge in [-0.15, -0.1) is 0 Å². The summed E-state index contributed by atoms with van der Waals surface area (Å²) in [6, 6.07) is 7.00. The van der Waals surface area contributed by atoms with Gasteiger partial charge in [-0.05, 0) is 17.7 Å². The predicted molar refractivity (Wildman–Crippen MR) is 58.3 cm³/mol. The minimum atomic E-state index is -1.89. The van der Waals surface area contributed by atoms with Crippen LogP contribution in [0.4, 0.5) is 0 Å². The van der Waals surface area contributed by atoms with E-state index in [-0.39, 0.29) is 5.92 Å². The first-order valence-corrected chi connectivity index (χ1v) is 5.39. The van der Waals surface area contributed by atoms with Gasteiger partial charge in [0.2, 0.25) is 0 Å². The third kappa shape index (κ3) is 2.75. The van der Waals surface area contributed by atoms with E-state index in [2.05, 4.69) is 4.99 Å². The molecule has 0 heterocycles. The first kappa shape index (κ1) is 11.1. The molecule has 0 aliphatic rings. The molecule has 0 saturated carbocycles. The Morgan fingerprint density at radius 1 is 1.43 bits per heavy atom. The molecule has 3 nitrogen and oxygen atoms in total. The summed E-state index contributed by atoms with van der Waals surface area (Å²) in [6.07, 6.45) is 1.84. The second-order valence-electron chi connectivity index (χ2n) is 3.01. The van der Waals surface area contributed by atoms with Crippen LogP contribution in [0.3, 0.4) is 0 Å². The zero-order chi connectivity index (χ0) is 10.6. The van der Waals surface area contributed by atoms with Crippen LogP contribution in [0.5, 0.6) is 0 Å². The fourth-order valence-electron chi connectivity index (χ4n) is 1.20. The fraction of sp³-hybridized carbons (Fsp3) is 0.300. The molecule has 0 fully saturated rings. The van der Waals surface area contributed by atoms with Gasteiger partial charge in [0.1, 0.15) is 0 Å². The summed E-state index contributed by atoms with van der Waals surface area (Å²) in [5.41, 5.74) is 1.09. The third-order valence-electron chi connectivity index (χ3n) is 1.98. The van der Waals surface area contributed by atoms with Crippen molar-refractivity contribution in [2.24, 2.45) is 4.99 Å². The highest BCUT2D eigenvalue weighted by molar-refractivity contribution is 7.79. The van der Waals surface area contributed by atoms with Gasteiger partial charge in [0.05, 0.1) is 4.90 Å². The fourth-order valence-corrected chi connectivity index (χ4v) is 1.57. The molecule has 14 heavy (non-hydrogen) atoms. The highest BCUT2D eigenvalue weighted by Crippen LogP contribution is 2.15. The molecule has 0 saturated heterocycles. The largest absolute Gasteiger partial charge is 0.302 e. The minimum absolute atomic E-state index is 0.237. The van der Waals surface area contributed by atoms with Crippen molar-refractivity contribution < 1.29 is 8.76 Å². The number of rotatable bonds is 3. The standard InChI is InChI=1S/C10H13NO2S/c1-8(7-11-2)9-3-5-10(6-4-9)14(12)13/h3-8H,1-2H3,(H,12,13). The zero-order valence-corrected chi connectivity index (χ0v) is 8.99. The van der Waals surface area contributed by atoms with Gasteiger partial charge in [-0.1, -0.05) is 19.1 Å². The maximum Gasteiger partial charge on any atom is 0.186 e. The molecule has 0 radical (unpaired) electrons. The first-order chi connectivity index (χ1) is 6.65. The SMILES string of the molecule is CN=CC(C)c1ccc(S(=O)O)cc1. The smallest absolute Gasteiger partial charge is 0.186 e. The molecule has 0 aromatic heterocycles. The van der Waals surface area contributed by atoms with Gasteiger partial charge in [0, 0.05) is 19.2 Å². The number of hydrogen-bond donors (Lipinski definition) is 1. The molecule has 2 atom stereocenters. The van der Waals surface area contributed by atoms with E-state index in [9.17, 15) is 4.21 Å². The maximum atomic E-state index is 10.7. The van der Waals surface area contributed by atoms with E-state index < -0.39 is 11.1 Å². The van der Waals surface area contributed by atoms with Crippen molar-refractivity contribution in [2.75, 3.05) is 7.05 Å². The molecule has 0 spiro atoms. The van der Waals surface area contributed by atoms with Crippen molar-refractivity contribution >= 4 is 17.3 Å². The van der Waals surface area contributed by atoms with Crippen LogP contribution in [-0.2, 0) is 11.1 Å². The van der Waals surface area contributed by atoms with E-state index in [4.69, 9.17) is 4.55 Å². The van der Waals surface area contributed by atoms with E-state index >= 15 is 0 Å². The Kier molecular flexibility index (Phi) is 3.98. The molecule has 1 aromatic rings. The highest BCUT2D eigenvalue weighted by Gasteiger charge is 2.03. The normalized spacial score (nSPS) is 15.6. The van der Waals surface area contributed by atoms with Crippen LogP contribution in [0.15, 0.2) is 34.2 Å². The minimum Gasteiger partial charge on any atom is -0.302 e. The molecular formula is C10H13NO2S. The van der Waals surface area contributed by atoms with Crippen LogP contribution >= 0.6 is 0 Å². The summed E-state index contributed by atoms with van der Waals surface area (Å²) in [7, 11) is 1.73. The van der Waals surface area contributed by atoms with Crippen LogP contribution < -0.4 is 0 Å². The van der Waals surface area contributed by atoms with Crippen LogP contribution in [0.2, 0.25) is 0 Å². The molecule has 0 bridgehead atoms. The summed E-state index contributed by atoms with van der Waals surface area (Å²) in [5.74, 6) is 0.237. The van der Waals surface area contributed by atoms with Crippen LogP contribution in [-0.4, -0.2) is 22.0 Å². The van der Waals surface area contributed by atoms with Crippen LogP contribution in [0.25, 0.3) is 0 Å². The second kappa shape index (κ2) is 5.02. The molecule has 1 N–H and O–H groups in total. The Morgan fingerprint density at radius 2 is 2.00 bits per heavy atom. The molecule has 1 aromatic carbocycles. The van der Waals surface area contributed by atoms with E-state index in [0.717, 1.165) is 5.56 Å². The lowest BCUT2D eigenvalue weighted by molar-refractivity contribution is 0.564. The maximum absolute atomic E-state index is 10.7. The van der Waals surface area contributed by atoms with E-state index in [1.54, 1.807) is 19.2 Å². The summed E-state index contributed by atoms with van der Waals surface area (Å²) in [5, 5.41) is 0. The zero-order valence-electron chi connectivity index (χ0n) is 8.18. The van der Waals surface area contributed by atoms with Crippen LogP contribution in [0.1, 0.15) is 18.4 Å². The Bertz CT molecular complexity index is 346. The van der Waals surface area contributed by atoms with Gasteiger partial charge in [0.15, 0.2) is 11.1 Å². The van der Waals surface area contributed by atoms with Crippen molar-refractivity contribution in [3.8, 4) is 0 Å². The van der Waals surface area contributed by atoms with Gasteiger partial charge >= 0.3 is 0 Å². The van der Waals surface area contributed by atoms with Crippen molar-refractivity contribution in [3.05, 3.63) is 29.8 Å². The molecule has 1 rings (SSSR count). The van der Waals surface area contributed by atoms with Crippen molar-refractivity contribution in [1.29, 1.82) is 0 Å². The average molecular weight is 211 g/mol. The van der Waals surface area contributed by atoms with Gasteiger partial charge in [-0.3, -0.25) is 0 Å². The molecule has 2 unspecified atom stereocenters. The summed E-state index contributed by atoms with van der Waals surface area (Å²) in [4.78, 5) is 4.36. The lowest BCUT2D eigenvalue weighted by Crippen LogP contribution is -1.95. The lowest BCUT2D eigenvalue weighted by Gasteiger charge is -2.05. The topological polar surface area (TPSA) is 49.7 Å². The monoisotopic (exact) mass is 211 g/mol. The van der Waals surface area contributed by atoms with Gasteiger partial charge in [-0.25, -0.2) is 4.21 Å². The van der Waals surface area contributed by atoms with Crippen LogP contribution in [0, 0.1) is 0 Å². The summed E-state index contributed by atoms with van der Waals surface area (Å²) >= 11 is -1.89. The molecule has 0 aliphatic heterocycles. The second-order valence-corrected chi connectivity index (χ2v) is 3.98. The molecule has 4 heteroatoms.